The molecule has 0 saturated heterocycles. The van der Waals surface area contributed by atoms with E-state index in [1.54, 1.807) is 18.5 Å². The molecule has 0 aliphatic carbocycles. The molecule has 0 aromatic heterocycles. The number of aliphatic imine (C=N–C) groups is 1. The van der Waals surface area contributed by atoms with Gasteiger partial charge in [-0.25, -0.2) is 0 Å². The van der Waals surface area contributed by atoms with Crippen molar-refractivity contribution in [2.24, 2.45) is 4.99 Å². The van der Waals surface area contributed by atoms with E-state index >= 15 is 0 Å². The zero-order valence-corrected chi connectivity index (χ0v) is 18.5. The molecule has 1 heterocycles. The van der Waals surface area contributed by atoms with Crippen LogP contribution < -0.4 is 0 Å². The molecule has 0 radical (unpaired) electrons. The standard InChI is InChI=1S/C29H22N2O2/c1-4-30-17-16-18(2)19-12-13-22(21-9-6-5-8-20(19)21)23-14-15-26-27-24(23)10-7-11-25(27)28(32)31(3)29(26)33/h4-17H,2H2,1,3H3/b17-16-,30-4-. The maximum atomic E-state index is 12.8. The third kappa shape index (κ3) is 3.19. The van der Waals surface area contributed by atoms with E-state index in [4.69, 9.17) is 0 Å². The molecule has 2 amide bonds. The van der Waals surface area contributed by atoms with E-state index in [1.807, 2.05) is 49.4 Å². The Kier molecular flexibility index (Phi) is 4.98. The second kappa shape index (κ2) is 7.99. The normalized spacial score (nSPS) is 13.7. The molecule has 5 rings (SSSR count). The number of amides is 2. The van der Waals surface area contributed by atoms with Crippen molar-refractivity contribution in [3.05, 3.63) is 102 Å². The number of allylic oxidation sites excluding steroid dienone is 2. The molecule has 160 valence electrons. The monoisotopic (exact) mass is 430 g/mol. The average molecular weight is 431 g/mol. The summed E-state index contributed by atoms with van der Waals surface area (Å²) in [5.74, 6) is -0.540. The van der Waals surface area contributed by atoms with Gasteiger partial charge in [-0.05, 0) is 63.6 Å². The molecule has 33 heavy (non-hydrogen) atoms. The van der Waals surface area contributed by atoms with Crippen molar-refractivity contribution in [2.45, 2.75) is 6.92 Å². The molecular weight excluding hydrogens is 408 g/mol. The Bertz CT molecular complexity index is 1520. The molecule has 0 fully saturated rings. The Morgan fingerprint density at radius 3 is 2.15 bits per heavy atom. The molecule has 0 unspecified atom stereocenters. The van der Waals surface area contributed by atoms with Gasteiger partial charge in [0.25, 0.3) is 11.8 Å². The van der Waals surface area contributed by atoms with Crippen molar-refractivity contribution >= 4 is 45.1 Å². The number of fused-ring (bicyclic) bond motifs is 1. The van der Waals surface area contributed by atoms with Crippen molar-refractivity contribution in [2.75, 3.05) is 7.05 Å². The van der Waals surface area contributed by atoms with Crippen LogP contribution in [0.15, 0.2) is 90.6 Å². The Hall–Kier alpha value is -4.31. The van der Waals surface area contributed by atoms with Crippen LogP contribution in [0.5, 0.6) is 0 Å². The Labute approximate surface area is 192 Å². The second-order valence-electron chi connectivity index (χ2n) is 8.01. The minimum atomic E-state index is -0.270. The first kappa shape index (κ1) is 20.6. The Morgan fingerprint density at radius 2 is 1.39 bits per heavy atom. The zero-order chi connectivity index (χ0) is 23.1. The second-order valence-corrected chi connectivity index (χ2v) is 8.01. The highest BCUT2D eigenvalue weighted by Gasteiger charge is 2.30. The van der Waals surface area contributed by atoms with Gasteiger partial charge in [0.2, 0.25) is 0 Å². The molecule has 4 aromatic carbocycles. The highest BCUT2D eigenvalue weighted by molar-refractivity contribution is 6.27. The smallest absolute Gasteiger partial charge is 0.261 e. The molecule has 4 heteroatoms. The van der Waals surface area contributed by atoms with Crippen LogP contribution in [0.1, 0.15) is 33.2 Å². The molecule has 0 bridgehead atoms. The lowest BCUT2D eigenvalue weighted by molar-refractivity contribution is 0.0650. The maximum Gasteiger partial charge on any atom is 0.261 e. The number of hydrogen-bond donors (Lipinski definition) is 0. The lowest BCUT2D eigenvalue weighted by Gasteiger charge is -2.25. The number of hydrogen-bond acceptors (Lipinski definition) is 3. The predicted molar refractivity (Wildman–Crippen MR) is 136 cm³/mol. The van der Waals surface area contributed by atoms with Crippen LogP contribution >= 0.6 is 0 Å². The van der Waals surface area contributed by atoms with E-state index in [0.717, 1.165) is 43.8 Å². The number of benzene rings is 4. The van der Waals surface area contributed by atoms with Gasteiger partial charge in [0, 0.05) is 36.0 Å². The van der Waals surface area contributed by atoms with E-state index in [0.29, 0.717) is 11.1 Å². The van der Waals surface area contributed by atoms with Gasteiger partial charge in [0.1, 0.15) is 0 Å². The molecule has 4 nitrogen and oxygen atoms in total. The fourth-order valence-electron chi connectivity index (χ4n) is 4.57. The molecule has 1 aliphatic heterocycles. The van der Waals surface area contributed by atoms with Crippen LogP contribution in [0.4, 0.5) is 0 Å². The predicted octanol–water partition coefficient (Wildman–Crippen LogP) is 6.50. The quantitative estimate of drug-likeness (QED) is 0.211. The summed E-state index contributed by atoms with van der Waals surface area (Å²) in [4.78, 5) is 30.9. The van der Waals surface area contributed by atoms with Gasteiger partial charge in [-0.2, -0.15) is 0 Å². The SMILES string of the molecule is C=C(/C=C\N=C/C)c1ccc(-c2ccc3c4c(cccc24)C(=O)N(C)C3=O)c2ccccc12. The van der Waals surface area contributed by atoms with Gasteiger partial charge in [0.15, 0.2) is 0 Å². The first-order valence-corrected chi connectivity index (χ1v) is 10.8. The van der Waals surface area contributed by atoms with E-state index in [1.165, 1.54) is 11.9 Å². The molecule has 1 aliphatic rings. The lowest BCUT2D eigenvalue weighted by Crippen LogP contribution is -2.36. The van der Waals surface area contributed by atoms with E-state index in [9.17, 15) is 9.59 Å². The highest BCUT2D eigenvalue weighted by Crippen LogP contribution is 2.40. The van der Waals surface area contributed by atoms with Gasteiger partial charge < -0.3 is 0 Å². The summed E-state index contributed by atoms with van der Waals surface area (Å²) in [6.07, 6.45) is 5.37. The number of nitrogens with zero attached hydrogens (tertiary/aromatic N) is 2. The summed E-state index contributed by atoms with van der Waals surface area (Å²) >= 11 is 0. The van der Waals surface area contributed by atoms with Crippen molar-refractivity contribution in [3.8, 4) is 11.1 Å². The molecule has 0 saturated carbocycles. The van der Waals surface area contributed by atoms with Gasteiger partial charge in [0.05, 0.1) is 0 Å². The molecule has 0 N–H and O–H groups in total. The Morgan fingerprint density at radius 1 is 0.788 bits per heavy atom. The first-order valence-electron chi connectivity index (χ1n) is 10.8. The van der Waals surface area contributed by atoms with Crippen LogP contribution in [-0.4, -0.2) is 30.0 Å². The van der Waals surface area contributed by atoms with Crippen molar-refractivity contribution < 1.29 is 9.59 Å². The van der Waals surface area contributed by atoms with Gasteiger partial charge in [-0.15, -0.1) is 0 Å². The van der Waals surface area contributed by atoms with E-state index in [2.05, 4.69) is 35.8 Å². The third-order valence-electron chi connectivity index (χ3n) is 6.18. The molecular formula is C29H22N2O2. The highest BCUT2D eigenvalue weighted by atomic mass is 16.2. The Balaban J connectivity index is 1.76. The number of carbonyl (C=O) groups is 2. The third-order valence-corrected chi connectivity index (χ3v) is 6.18. The number of rotatable bonds is 4. The maximum absolute atomic E-state index is 12.8. The number of carbonyl (C=O) groups excluding carboxylic acids is 2. The van der Waals surface area contributed by atoms with Crippen LogP contribution in [0.2, 0.25) is 0 Å². The van der Waals surface area contributed by atoms with Crippen LogP contribution in [-0.2, 0) is 0 Å². The molecule has 0 atom stereocenters. The average Bonchev–Trinajstić information content (AvgIpc) is 2.85. The summed E-state index contributed by atoms with van der Waals surface area (Å²) in [6.45, 7) is 6.10. The fourth-order valence-corrected chi connectivity index (χ4v) is 4.57. The largest absolute Gasteiger partial charge is 0.277 e. The first-order chi connectivity index (χ1) is 16.0. The fraction of sp³-hybridized carbons (Fsp3) is 0.0690. The van der Waals surface area contributed by atoms with E-state index in [-0.39, 0.29) is 11.8 Å². The summed E-state index contributed by atoms with van der Waals surface area (Å²) in [7, 11) is 1.53. The van der Waals surface area contributed by atoms with Crippen LogP contribution in [0, 0.1) is 0 Å². The zero-order valence-electron chi connectivity index (χ0n) is 18.5. The minimum absolute atomic E-state index is 0.270. The van der Waals surface area contributed by atoms with Crippen molar-refractivity contribution in [3.63, 3.8) is 0 Å². The van der Waals surface area contributed by atoms with Crippen molar-refractivity contribution in [1.29, 1.82) is 0 Å². The van der Waals surface area contributed by atoms with Gasteiger partial charge in [-0.1, -0.05) is 61.2 Å². The minimum Gasteiger partial charge on any atom is -0.277 e. The van der Waals surface area contributed by atoms with Crippen LogP contribution in [0.3, 0.4) is 0 Å². The van der Waals surface area contributed by atoms with Crippen molar-refractivity contribution in [1.82, 2.24) is 4.90 Å². The summed E-state index contributed by atoms with van der Waals surface area (Å²) in [5, 5.41) is 3.78. The number of imide groups is 1. The lowest BCUT2D eigenvalue weighted by atomic mass is 9.86. The van der Waals surface area contributed by atoms with Gasteiger partial charge in [-0.3, -0.25) is 19.5 Å². The summed E-state index contributed by atoms with van der Waals surface area (Å²) < 4.78 is 0. The summed E-state index contributed by atoms with van der Waals surface area (Å²) in [6, 6.07) is 21.8. The molecule has 4 aromatic rings. The summed E-state index contributed by atoms with van der Waals surface area (Å²) in [5.41, 5.74) is 5.05. The van der Waals surface area contributed by atoms with Crippen LogP contribution in [0.25, 0.3) is 38.2 Å². The van der Waals surface area contributed by atoms with Gasteiger partial charge >= 0.3 is 0 Å². The molecule has 0 spiro atoms. The van der Waals surface area contributed by atoms with E-state index < -0.39 is 0 Å². The topological polar surface area (TPSA) is 49.7 Å².